The zero-order chi connectivity index (χ0) is 11.7. The topological polar surface area (TPSA) is 83.3 Å². The van der Waals surface area contributed by atoms with Crippen molar-refractivity contribution >= 4 is 33.9 Å². The molecular formula is C8H7N3O4S. The van der Waals surface area contributed by atoms with Gasteiger partial charge in [0, 0.05) is 17.6 Å². The molecule has 16 heavy (non-hydrogen) atoms. The molecule has 0 N–H and O–H groups in total. The summed E-state index contributed by atoms with van der Waals surface area (Å²) in [5.74, 6) is -0.629. The zero-order valence-electron chi connectivity index (χ0n) is 8.46. The highest BCUT2D eigenvalue weighted by Crippen LogP contribution is 2.21. The van der Waals surface area contributed by atoms with Crippen LogP contribution in [0.3, 0.4) is 0 Å². The average Bonchev–Trinajstić information content (AvgIpc) is 2.86. The molecule has 0 fully saturated rings. The van der Waals surface area contributed by atoms with Gasteiger partial charge in [0.2, 0.25) is 0 Å². The second kappa shape index (κ2) is 3.89. The summed E-state index contributed by atoms with van der Waals surface area (Å²) in [4.78, 5) is 23.4. The van der Waals surface area contributed by atoms with E-state index in [4.69, 9.17) is 0 Å². The van der Waals surface area contributed by atoms with Gasteiger partial charge in [-0.2, -0.15) is 0 Å². The van der Waals surface area contributed by atoms with Crippen molar-refractivity contribution in [2.45, 2.75) is 0 Å². The lowest BCUT2D eigenvalue weighted by Crippen LogP contribution is -2.17. The van der Waals surface area contributed by atoms with Crippen LogP contribution >= 0.6 is 11.5 Å². The Morgan fingerprint density at radius 3 is 2.75 bits per heavy atom. The van der Waals surface area contributed by atoms with E-state index in [1.54, 1.807) is 0 Å². The van der Waals surface area contributed by atoms with Gasteiger partial charge in [0.1, 0.15) is 11.2 Å². The van der Waals surface area contributed by atoms with Crippen LogP contribution in [0.1, 0.15) is 10.5 Å². The molecule has 0 aromatic carbocycles. The normalized spacial score (nSPS) is 10.4. The molecule has 84 valence electrons. The molecule has 8 heteroatoms. The van der Waals surface area contributed by atoms with Crippen LogP contribution in [0, 0.1) is 0 Å². The van der Waals surface area contributed by atoms with E-state index in [-0.39, 0.29) is 5.69 Å². The van der Waals surface area contributed by atoms with Gasteiger partial charge in [-0.05, 0) is 0 Å². The van der Waals surface area contributed by atoms with E-state index in [9.17, 15) is 9.59 Å². The SMILES string of the molecule is COC(=O)c1cc2nnsc2n1C(=O)OC. The first-order chi connectivity index (χ1) is 7.69. The van der Waals surface area contributed by atoms with Gasteiger partial charge < -0.3 is 9.47 Å². The van der Waals surface area contributed by atoms with Gasteiger partial charge in [-0.1, -0.05) is 4.49 Å². The minimum absolute atomic E-state index is 0.0745. The predicted octanol–water partition coefficient (Wildman–Crippen LogP) is 0.894. The third-order valence-electron chi connectivity index (χ3n) is 1.96. The van der Waals surface area contributed by atoms with Crippen molar-refractivity contribution in [1.29, 1.82) is 0 Å². The van der Waals surface area contributed by atoms with Gasteiger partial charge in [0.25, 0.3) is 0 Å². The smallest absolute Gasteiger partial charge is 0.419 e. The molecule has 7 nitrogen and oxygen atoms in total. The van der Waals surface area contributed by atoms with Crippen molar-refractivity contribution in [3.63, 3.8) is 0 Å². The summed E-state index contributed by atoms with van der Waals surface area (Å²) in [7, 11) is 2.46. The maximum absolute atomic E-state index is 11.5. The molecule has 0 saturated carbocycles. The Balaban J connectivity index is 2.67. The highest BCUT2D eigenvalue weighted by molar-refractivity contribution is 7.12. The number of hydrogen-bond donors (Lipinski definition) is 0. The number of carbonyl (C=O) groups excluding carboxylic acids is 2. The van der Waals surface area contributed by atoms with Crippen LogP contribution in [0.25, 0.3) is 10.3 Å². The van der Waals surface area contributed by atoms with Gasteiger partial charge in [-0.15, -0.1) is 5.10 Å². The molecule has 0 aliphatic heterocycles. The van der Waals surface area contributed by atoms with Gasteiger partial charge in [0.15, 0.2) is 4.83 Å². The van der Waals surface area contributed by atoms with Crippen molar-refractivity contribution in [2.75, 3.05) is 14.2 Å². The molecule has 0 radical (unpaired) electrons. The fourth-order valence-corrected chi connectivity index (χ4v) is 1.92. The molecule has 0 aliphatic rings. The number of fused-ring (bicyclic) bond motifs is 1. The maximum Gasteiger partial charge on any atom is 0.419 e. The highest BCUT2D eigenvalue weighted by atomic mass is 32.1. The molecule has 0 saturated heterocycles. The third kappa shape index (κ3) is 1.43. The second-order valence-corrected chi connectivity index (χ2v) is 3.52. The summed E-state index contributed by atoms with van der Waals surface area (Å²) < 4.78 is 13.9. The van der Waals surface area contributed by atoms with Gasteiger partial charge in [-0.3, -0.25) is 0 Å². The van der Waals surface area contributed by atoms with Gasteiger partial charge >= 0.3 is 12.1 Å². The number of rotatable bonds is 1. The Morgan fingerprint density at radius 2 is 2.12 bits per heavy atom. The molecule has 0 unspecified atom stereocenters. The Labute approximate surface area is 93.7 Å². The number of methoxy groups -OCH3 is 2. The van der Waals surface area contributed by atoms with Crippen molar-refractivity contribution in [3.8, 4) is 0 Å². The second-order valence-electron chi connectivity index (χ2n) is 2.79. The standard InChI is InChI=1S/C8H7N3O4S/c1-14-7(12)5-3-4-6(16-10-9-4)11(5)8(13)15-2/h3H,1-2H3. The Morgan fingerprint density at radius 1 is 1.38 bits per heavy atom. The zero-order valence-corrected chi connectivity index (χ0v) is 9.28. The molecular weight excluding hydrogens is 234 g/mol. The van der Waals surface area contributed by atoms with Gasteiger partial charge in [-0.25, -0.2) is 14.2 Å². The van der Waals surface area contributed by atoms with E-state index < -0.39 is 12.1 Å². The van der Waals surface area contributed by atoms with Crippen LogP contribution in [0.5, 0.6) is 0 Å². The minimum atomic E-state index is -0.679. The molecule has 0 aliphatic carbocycles. The van der Waals surface area contributed by atoms with Crippen LogP contribution < -0.4 is 0 Å². The van der Waals surface area contributed by atoms with Crippen LogP contribution in [0.4, 0.5) is 4.79 Å². The fourth-order valence-electron chi connectivity index (χ4n) is 1.27. The molecule has 2 aromatic heterocycles. The quantitative estimate of drug-likeness (QED) is 0.689. The largest absolute Gasteiger partial charge is 0.464 e. The molecule has 0 bridgehead atoms. The molecule has 2 aromatic rings. The Kier molecular flexibility index (Phi) is 2.57. The number of ether oxygens (including phenoxy) is 2. The third-order valence-corrected chi connectivity index (χ3v) is 2.69. The van der Waals surface area contributed by atoms with E-state index in [0.717, 1.165) is 16.1 Å². The number of aromatic nitrogens is 3. The van der Waals surface area contributed by atoms with Crippen molar-refractivity contribution in [1.82, 2.24) is 14.2 Å². The number of hydrogen-bond acceptors (Lipinski definition) is 7. The molecule has 2 rings (SSSR count). The molecule has 0 amide bonds. The van der Waals surface area contributed by atoms with Crippen molar-refractivity contribution in [2.24, 2.45) is 0 Å². The van der Waals surface area contributed by atoms with Crippen LogP contribution in [0.15, 0.2) is 6.07 Å². The van der Waals surface area contributed by atoms with E-state index >= 15 is 0 Å². The average molecular weight is 241 g/mol. The maximum atomic E-state index is 11.5. The summed E-state index contributed by atoms with van der Waals surface area (Å²) in [5, 5.41) is 3.77. The predicted molar refractivity (Wildman–Crippen MR) is 54.5 cm³/mol. The van der Waals surface area contributed by atoms with Crippen molar-refractivity contribution < 1.29 is 19.1 Å². The summed E-state index contributed by atoms with van der Waals surface area (Å²) in [6, 6.07) is 1.43. The lowest BCUT2D eigenvalue weighted by atomic mass is 10.4. The Bertz CT molecular complexity index is 559. The van der Waals surface area contributed by atoms with E-state index in [0.29, 0.717) is 10.3 Å². The monoisotopic (exact) mass is 241 g/mol. The van der Waals surface area contributed by atoms with E-state index in [1.165, 1.54) is 20.3 Å². The lowest BCUT2D eigenvalue weighted by molar-refractivity contribution is 0.0587. The van der Waals surface area contributed by atoms with Crippen LogP contribution in [-0.4, -0.2) is 40.4 Å². The summed E-state index contributed by atoms with van der Waals surface area (Å²) in [6.07, 6.45) is -0.679. The van der Waals surface area contributed by atoms with E-state index in [1.807, 2.05) is 0 Å². The van der Waals surface area contributed by atoms with Crippen LogP contribution in [-0.2, 0) is 9.47 Å². The van der Waals surface area contributed by atoms with E-state index in [2.05, 4.69) is 19.1 Å². The lowest BCUT2D eigenvalue weighted by Gasteiger charge is -2.04. The molecule has 0 spiro atoms. The Hall–Kier alpha value is -1.96. The molecule has 0 atom stereocenters. The fraction of sp³-hybridized carbons (Fsp3) is 0.250. The molecule has 2 heterocycles. The summed E-state index contributed by atoms with van der Waals surface area (Å²) in [5.41, 5.74) is 0.529. The highest BCUT2D eigenvalue weighted by Gasteiger charge is 2.23. The van der Waals surface area contributed by atoms with Gasteiger partial charge in [0.05, 0.1) is 14.2 Å². The number of nitrogens with zero attached hydrogens (tertiary/aromatic N) is 3. The number of esters is 1. The summed E-state index contributed by atoms with van der Waals surface area (Å²) >= 11 is 1.000. The first kappa shape index (κ1) is 10.6. The minimum Gasteiger partial charge on any atom is -0.464 e. The van der Waals surface area contributed by atoms with Crippen LogP contribution in [0.2, 0.25) is 0 Å². The van der Waals surface area contributed by atoms with Crippen molar-refractivity contribution in [3.05, 3.63) is 11.8 Å². The first-order valence-electron chi connectivity index (χ1n) is 4.19. The number of carbonyl (C=O) groups is 2. The summed E-state index contributed by atoms with van der Waals surface area (Å²) in [6.45, 7) is 0. The first-order valence-corrected chi connectivity index (χ1v) is 4.96.